The normalized spacial score (nSPS) is 18.2. The van der Waals surface area contributed by atoms with E-state index in [9.17, 15) is 56.9 Å². The molecule has 398 valence electrons. The van der Waals surface area contributed by atoms with Gasteiger partial charge in [-0.15, -0.1) is 0 Å². The lowest BCUT2D eigenvalue weighted by Crippen LogP contribution is -2.48. The minimum Gasteiger partial charge on any atom is -0.494 e. The number of unbranched alkanes of at least 4 members (excludes halogenated alkanes) is 2. The molecule has 3 aliphatic rings. The van der Waals surface area contributed by atoms with E-state index in [2.05, 4.69) is 36.6 Å². The number of aromatic nitrogens is 2. The summed E-state index contributed by atoms with van der Waals surface area (Å²) in [5.41, 5.74) is 1.36. The molecule has 3 fully saturated rings. The number of fused-ring (bicyclic) bond motifs is 2. The van der Waals surface area contributed by atoms with Crippen molar-refractivity contribution >= 4 is 57.5 Å². The molecule has 5 N–H and O–H groups in total. The average molecular weight is 1040 g/mol. The van der Waals surface area contributed by atoms with Gasteiger partial charge in [0.2, 0.25) is 11.8 Å². The minimum atomic E-state index is -3.18. The van der Waals surface area contributed by atoms with Gasteiger partial charge < -0.3 is 55.7 Å². The highest BCUT2D eigenvalue weighted by Gasteiger charge is 2.48. The molecule has 2 aromatic carbocycles. The Hall–Kier alpha value is -8.06. The number of alkyl halides is 4. The number of nitrogens with zero attached hydrogens (tertiary/aromatic N) is 8. The second-order valence-electron chi connectivity index (χ2n) is 18.2. The Balaban J connectivity index is 0.779. The number of hydrogen-bond acceptors (Lipinski definition) is 13. The van der Waals surface area contributed by atoms with E-state index in [0.29, 0.717) is 125 Å². The van der Waals surface area contributed by atoms with Crippen molar-refractivity contribution in [1.82, 2.24) is 56.2 Å². The Morgan fingerprint density at radius 2 is 1.04 bits per heavy atom. The first kappa shape index (κ1) is 54.7. The number of likely N-dealkylation sites (tertiary alicyclic amines) is 2. The molecule has 0 saturated carbocycles. The monoisotopic (exact) mass is 1040 g/mol. The molecule has 0 aliphatic carbocycles. The summed E-state index contributed by atoms with van der Waals surface area (Å²) in [5.74, 6) is -8.29. The van der Waals surface area contributed by atoms with E-state index in [1.54, 1.807) is 58.3 Å². The summed E-state index contributed by atoms with van der Waals surface area (Å²) in [6.07, 6.45) is 3.70. The second kappa shape index (κ2) is 25.3. The van der Waals surface area contributed by atoms with Gasteiger partial charge >= 0.3 is 12.1 Å². The van der Waals surface area contributed by atoms with Crippen LogP contribution in [0.5, 0.6) is 11.5 Å². The van der Waals surface area contributed by atoms with E-state index in [1.807, 2.05) is 0 Å². The summed E-state index contributed by atoms with van der Waals surface area (Å²) < 4.78 is 67.2. The fourth-order valence-electron chi connectivity index (χ4n) is 8.79. The van der Waals surface area contributed by atoms with Gasteiger partial charge in [-0.3, -0.25) is 29.1 Å². The molecule has 8 amide bonds. The third-order valence-electron chi connectivity index (χ3n) is 12.8. The molecule has 75 heavy (non-hydrogen) atoms. The van der Waals surface area contributed by atoms with Crippen molar-refractivity contribution in [2.24, 2.45) is 0 Å². The molecule has 2 aromatic heterocycles. The van der Waals surface area contributed by atoms with Gasteiger partial charge in [0.1, 0.15) is 23.6 Å². The number of hydrogen-bond donors (Lipinski definition) is 5. The van der Waals surface area contributed by atoms with Gasteiger partial charge in [-0.2, -0.15) is 10.5 Å². The first-order valence-electron chi connectivity index (χ1n) is 24.5. The molecule has 25 heteroatoms. The summed E-state index contributed by atoms with van der Waals surface area (Å²) in [5, 5.41) is 33.4. The maximum absolute atomic E-state index is 13.8. The van der Waals surface area contributed by atoms with Crippen LogP contribution in [0.15, 0.2) is 60.9 Å². The lowest BCUT2D eigenvalue weighted by Gasteiger charge is -2.26. The van der Waals surface area contributed by atoms with Crippen LogP contribution in [0, 0.1) is 22.7 Å². The summed E-state index contributed by atoms with van der Waals surface area (Å²) in [4.78, 5) is 91.3. The lowest BCUT2D eigenvalue weighted by atomic mass is 10.1. The third-order valence-corrected chi connectivity index (χ3v) is 12.8. The maximum Gasteiger partial charge on any atom is 0.317 e. The minimum absolute atomic E-state index is 0.192. The maximum atomic E-state index is 13.8. The average Bonchev–Trinajstić information content (AvgIpc) is 3.95. The first-order valence-corrected chi connectivity index (χ1v) is 24.5. The molecule has 5 heterocycles. The largest absolute Gasteiger partial charge is 0.494 e. The van der Waals surface area contributed by atoms with E-state index >= 15 is 0 Å². The fourth-order valence-corrected chi connectivity index (χ4v) is 8.79. The number of pyridine rings is 2. The van der Waals surface area contributed by atoms with Crippen molar-refractivity contribution in [2.45, 2.75) is 62.5 Å². The number of urea groups is 2. The van der Waals surface area contributed by atoms with Crippen LogP contribution in [0.4, 0.5) is 27.2 Å². The summed E-state index contributed by atoms with van der Waals surface area (Å²) in [6.45, 7) is 1.01. The van der Waals surface area contributed by atoms with Crippen LogP contribution in [0.1, 0.15) is 59.2 Å². The number of carbonyl (C=O) groups is 6. The molecule has 0 radical (unpaired) electrons. The van der Waals surface area contributed by atoms with Crippen molar-refractivity contribution in [3.8, 4) is 23.6 Å². The molecule has 0 bridgehead atoms. The van der Waals surface area contributed by atoms with Gasteiger partial charge in [0, 0.05) is 88.4 Å². The molecule has 21 nitrogen and oxygen atoms in total. The van der Waals surface area contributed by atoms with Crippen molar-refractivity contribution in [3.05, 3.63) is 72.1 Å². The summed E-state index contributed by atoms with van der Waals surface area (Å²) >= 11 is 0. The summed E-state index contributed by atoms with van der Waals surface area (Å²) in [6, 6.07) is 13.3. The van der Waals surface area contributed by atoms with Gasteiger partial charge in [-0.1, -0.05) is 0 Å². The van der Waals surface area contributed by atoms with Crippen LogP contribution < -0.4 is 36.1 Å². The van der Waals surface area contributed by atoms with Crippen molar-refractivity contribution in [1.29, 1.82) is 10.5 Å². The van der Waals surface area contributed by atoms with Crippen molar-refractivity contribution < 1.29 is 55.8 Å². The lowest BCUT2D eigenvalue weighted by molar-refractivity contribution is -0.132. The topological polar surface area (TPSA) is 267 Å². The number of benzene rings is 2. The molecule has 4 aromatic rings. The molecular weight excluding hydrogens is 987 g/mol. The third kappa shape index (κ3) is 14.8. The molecule has 0 unspecified atom stereocenters. The van der Waals surface area contributed by atoms with Crippen LogP contribution in [0.25, 0.3) is 21.8 Å². The molecular formula is C50H57F4N13O8. The van der Waals surface area contributed by atoms with E-state index in [1.165, 1.54) is 24.5 Å². The Labute approximate surface area is 428 Å². The number of nitrogens with one attached hydrogen (secondary N) is 5. The highest BCUT2D eigenvalue weighted by molar-refractivity contribution is 6.08. The van der Waals surface area contributed by atoms with E-state index in [4.69, 9.17) is 9.47 Å². The zero-order valence-corrected chi connectivity index (χ0v) is 40.9. The molecule has 7 rings (SSSR count). The molecule has 3 saturated heterocycles. The van der Waals surface area contributed by atoms with Crippen molar-refractivity contribution in [2.75, 3.05) is 91.8 Å². The van der Waals surface area contributed by atoms with Gasteiger partial charge in [0.15, 0.2) is 0 Å². The van der Waals surface area contributed by atoms with Gasteiger partial charge in [-0.05, 0) is 74.2 Å². The number of halogens is 4. The quantitative estimate of drug-likeness (QED) is 0.0708. The van der Waals surface area contributed by atoms with Gasteiger partial charge in [0.25, 0.3) is 23.7 Å². The van der Waals surface area contributed by atoms with Crippen LogP contribution in [0.2, 0.25) is 0 Å². The standard InChI is InChI=1S/C50H57F4N13O8/c51-49(52)25-33(27-55)66(31-49)43(68)29-62-45(70)37-9-13-58-41-7-5-35(23-39(37)41)74-21-3-1-11-60-47(72)64-17-15-57-16-18-65(20-19-64)48(73)61-12-2-4-22-75-36-6-8-42-40(24-36)38(10-14-59-42)46(71)63-30-44(69)67-32-50(53,54)26-34(67)28-56/h5-10,13-14,23-24,33-34,57H,1-4,11-12,15-22,25-26,29-32H2,(H,60,72)(H,61,73)(H,62,70)(H,63,71)/t33-,34-/m0/s1. The Morgan fingerprint density at radius 3 is 1.45 bits per heavy atom. The van der Waals surface area contributed by atoms with Crippen LogP contribution in [-0.4, -0.2) is 181 Å². The Bertz CT molecular complexity index is 2640. The van der Waals surface area contributed by atoms with Crippen LogP contribution in [0.3, 0.4) is 0 Å². The molecule has 3 aliphatic heterocycles. The zero-order valence-electron chi connectivity index (χ0n) is 40.9. The van der Waals surface area contributed by atoms with Crippen LogP contribution >= 0.6 is 0 Å². The predicted octanol–water partition coefficient (Wildman–Crippen LogP) is 3.41. The number of ether oxygens (including phenoxy) is 2. The fraction of sp³-hybridized carbons (Fsp3) is 0.480. The number of amides is 8. The first-order chi connectivity index (χ1) is 36.0. The van der Waals surface area contributed by atoms with Gasteiger partial charge in [-0.25, -0.2) is 27.2 Å². The SMILES string of the molecule is N#C[C@@H]1CC(F)(F)CN1C(=O)CNC(=O)c1ccnc2ccc(OCCCCNC(=O)N3CCNCCN(C(=O)NCCCCOc4ccc5nccc(C(=O)NCC(=O)N6CC(F)(F)C[C@H]6C#N)c5c4)CC3)cc12. The van der Waals surface area contributed by atoms with E-state index in [-0.39, 0.29) is 23.2 Å². The number of carbonyl (C=O) groups excluding carboxylic acids is 6. The predicted molar refractivity (Wildman–Crippen MR) is 262 cm³/mol. The molecule has 2 atom stereocenters. The smallest absolute Gasteiger partial charge is 0.317 e. The molecule has 0 spiro atoms. The zero-order chi connectivity index (χ0) is 53.5. The number of rotatable bonds is 18. The Kier molecular flexibility index (Phi) is 18.4. The number of nitriles is 2. The Morgan fingerprint density at radius 1 is 0.613 bits per heavy atom. The van der Waals surface area contributed by atoms with E-state index < -0.39 is 86.6 Å². The van der Waals surface area contributed by atoms with Crippen molar-refractivity contribution in [3.63, 3.8) is 0 Å². The van der Waals surface area contributed by atoms with Crippen LogP contribution in [-0.2, 0) is 9.59 Å². The van der Waals surface area contributed by atoms with Gasteiger partial charge in [0.05, 0.1) is 73.7 Å². The highest BCUT2D eigenvalue weighted by Crippen LogP contribution is 2.33. The second-order valence-corrected chi connectivity index (χ2v) is 18.2. The highest BCUT2D eigenvalue weighted by atomic mass is 19.3. The summed E-state index contributed by atoms with van der Waals surface area (Å²) in [7, 11) is 0. The van der Waals surface area contributed by atoms with E-state index in [0.717, 1.165) is 9.80 Å².